The third-order valence-corrected chi connectivity index (χ3v) is 6.18. The molecule has 0 bridgehead atoms. The number of aryl methyl sites for hydroxylation is 2. The van der Waals surface area contributed by atoms with Crippen molar-refractivity contribution in [3.8, 4) is 0 Å². The Morgan fingerprint density at radius 2 is 1.81 bits per heavy atom. The van der Waals surface area contributed by atoms with E-state index >= 15 is 0 Å². The largest absolute Gasteiger partial charge is 0.354 e. The Bertz CT molecular complexity index is 1090. The maximum absolute atomic E-state index is 12.8. The Kier molecular flexibility index (Phi) is 7.05. The molecule has 1 aliphatic heterocycles. The molecule has 0 spiro atoms. The van der Waals surface area contributed by atoms with Crippen LogP contribution in [0.15, 0.2) is 59.1 Å². The van der Waals surface area contributed by atoms with Crippen molar-refractivity contribution in [1.29, 1.82) is 0 Å². The highest BCUT2D eigenvalue weighted by Crippen LogP contribution is 2.25. The predicted molar refractivity (Wildman–Crippen MR) is 132 cm³/mol. The molecule has 1 aliphatic rings. The van der Waals surface area contributed by atoms with Crippen molar-refractivity contribution in [2.45, 2.75) is 26.7 Å². The molecule has 1 fully saturated rings. The lowest BCUT2D eigenvalue weighted by molar-refractivity contribution is 0.215. The molecule has 1 aromatic heterocycles. The summed E-state index contributed by atoms with van der Waals surface area (Å²) >= 11 is 3.45. The fraction of sp³-hybridized carbons (Fsp3) is 0.320. The van der Waals surface area contributed by atoms with Gasteiger partial charge in [0.1, 0.15) is 11.6 Å². The summed E-state index contributed by atoms with van der Waals surface area (Å²) in [7, 11) is 0. The van der Waals surface area contributed by atoms with Crippen LogP contribution in [0.1, 0.15) is 29.1 Å². The van der Waals surface area contributed by atoms with Crippen LogP contribution in [-0.4, -0.2) is 47.1 Å². The Balaban J connectivity index is 1.50. The molecule has 2 amide bonds. The van der Waals surface area contributed by atoms with Gasteiger partial charge >= 0.3 is 6.03 Å². The van der Waals surface area contributed by atoms with Crippen molar-refractivity contribution < 1.29 is 4.79 Å². The molecule has 0 atom stereocenters. The van der Waals surface area contributed by atoms with Gasteiger partial charge in [-0.15, -0.1) is 0 Å². The van der Waals surface area contributed by atoms with Gasteiger partial charge in [0.15, 0.2) is 0 Å². The van der Waals surface area contributed by atoms with Gasteiger partial charge in [-0.3, -0.25) is 0 Å². The normalized spacial score (nSPS) is 14.2. The zero-order valence-electron chi connectivity index (χ0n) is 18.5. The third kappa shape index (κ3) is 5.46. The maximum Gasteiger partial charge on any atom is 0.321 e. The summed E-state index contributed by atoms with van der Waals surface area (Å²) in [5, 5.41) is 3.01. The van der Waals surface area contributed by atoms with Gasteiger partial charge < -0.3 is 15.1 Å². The van der Waals surface area contributed by atoms with Crippen molar-refractivity contribution in [2.75, 3.05) is 36.4 Å². The number of nitrogens with zero attached hydrogens (tertiary/aromatic N) is 4. The number of hydrogen-bond donors (Lipinski definition) is 1. The molecule has 166 valence electrons. The number of nitrogens with one attached hydrogen (secondary N) is 1. The standard InChI is InChI=1S/C25H28BrN5O/c1-18-23(16-20-8-4-3-5-9-20)24(28-19(2)27-18)30-12-7-13-31(15-14-30)25(32)29-22-11-6-10-21(26)17-22/h3-6,8-11,17H,7,12-16H2,1-2H3,(H,29,32). The number of rotatable bonds is 4. The highest BCUT2D eigenvalue weighted by molar-refractivity contribution is 9.10. The number of benzene rings is 2. The molecule has 2 aromatic carbocycles. The summed E-state index contributed by atoms with van der Waals surface area (Å²) in [6, 6.07) is 18.0. The first-order valence-electron chi connectivity index (χ1n) is 10.9. The molecule has 6 nitrogen and oxygen atoms in total. The van der Waals surface area contributed by atoms with Crippen molar-refractivity contribution in [1.82, 2.24) is 14.9 Å². The van der Waals surface area contributed by atoms with Crippen LogP contribution in [-0.2, 0) is 6.42 Å². The molecule has 0 saturated carbocycles. The molecule has 7 heteroatoms. The van der Waals surface area contributed by atoms with E-state index in [-0.39, 0.29) is 6.03 Å². The lowest BCUT2D eigenvalue weighted by Gasteiger charge is -2.26. The van der Waals surface area contributed by atoms with E-state index in [2.05, 4.69) is 62.3 Å². The van der Waals surface area contributed by atoms with E-state index in [1.165, 1.54) is 5.56 Å². The molecule has 0 aliphatic carbocycles. The van der Waals surface area contributed by atoms with Crippen LogP contribution in [0.5, 0.6) is 0 Å². The van der Waals surface area contributed by atoms with Gasteiger partial charge in [0.2, 0.25) is 0 Å². The number of urea groups is 1. The second-order valence-corrected chi connectivity index (χ2v) is 9.00. The van der Waals surface area contributed by atoms with Crippen LogP contribution >= 0.6 is 15.9 Å². The maximum atomic E-state index is 12.8. The highest BCUT2D eigenvalue weighted by Gasteiger charge is 2.23. The van der Waals surface area contributed by atoms with Gasteiger partial charge in [0, 0.05) is 54.0 Å². The number of halogens is 1. The number of aromatic nitrogens is 2. The summed E-state index contributed by atoms with van der Waals surface area (Å²) in [5.74, 6) is 1.77. The minimum atomic E-state index is -0.0653. The van der Waals surface area contributed by atoms with Crippen molar-refractivity contribution in [3.63, 3.8) is 0 Å². The fourth-order valence-electron chi connectivity index (χ4n) is 4.09. The number of carbonyl (C=O) groups excluding carboxylic acids is 1. The van der Waals surface area contributed by atoms with Crippen LogP contribution in [0.3, 0.4) is 0 Å². The van der Waals surface area contributed by atoms with Crippen molar-refractivity contribution >= 4 is 33.5 Å². The average Bonchev–Trinajstić information content (AvgIpc) is 3.02. The SMILES string of the molecule is Cc1nc(C)c(Cc2ccccc2)c(N2CCCN(C(=O)Nc3cccc(Br)c3)CC2)n1. The Morgan fingerprint density at radius 1 is 1.00 bits per heavy atom. The molecular weight excluding hydrogens is 466 g/mol. The summed E-state index contributed by atoms with van der Waals surface area (Å²) in [6.45, 7) is 6.96. The van der Waals surface area contributed by atoms with Gasteiger partial charge in [-0.25, -0.2) is 14.8 Å². The highest BCUT2D eigenvalue weighted by atomic mass is 79.9. The van der Waals surface area contributed by atoms with Crippen LogP contribution in [0.4, 0.5) is 16.3 Å². The van der Waals surface area contributed by atoms with E-state index in [4.69, 9.17) is 4.98 Å². The molecule has 3 aromatic rings. The Morgan fingerprint density at radius 3 is 2.59 bits per heavy atom. The molecule has 0 unspecified atom stereocenters. The summed E-state index contributed by atoms with van der Waals surface area (Å²) in [4.78, 5) is 26.5. The fourth-order valence-corrected chi connectivity index (χ4v) is 4.49. The molecule has 32 heavy (non-hydrogen) atoms. The molecule has 4 rings (SSSR count). The first-order chi connectivity index (χ1) is 15.5. The predicted octanol–water partition coefficient (Wildman–Crippen LogP) is 5.19. The first-order valence-corrected chi connectivity index (χ1v) is 11.7. The topological polar surface area (TPSA) is 61.4 Å². The zero-order chi connectivity index (χ0) is 22.5. The lowest BCUT2D eigenvalue weighted by Crippen LogP contribution is -2.38. The van der Waals surface area contributed by atoms with E-state index in [1.807, 2.05) is 42.2 Å². The van der Waals surface area contributed by atoms with Gasteiger partial charge in [-0.05, 0) is 44.0 Å². The second kappa shape index (κ2) is 10.1. The average molecular weight is 494 g/mol. The minimum absolute atomic E-state index is 0.0653. The quantitative estimate of drug-likeness (QED) is 0.542. The zero-order valence-corrected chi connectivity index (χ0v) is 20.1. The summed E-state index contributed by atoms with van der Waals surface area (Å²) in [6.07, 6.45) is 1.69. The van der Waals surface area contributed by atoms with Crippen molar-refractivity contribution in [3.05, 3.63) is 81.7 Å². The molecular formula is C25H28BrN5O. The van der Waals surface area contributed by atoms with Gasteiger partial charge in [0.05, 0.1) is 0 Å². The third-order valence-electron chi connectivity index (χ3n) is 5.69. The van der Waals surface area contributed by atoms with E-state index in [0.29, 0.717) is 13.1 Å². The van der Waals surface area contributed by atoms with E-state index in [1.54, 1.807) is 0 Å². The van der Waals surface area contributed by atoms with Gasteiger partial charge in [0.25, 0.3) is 0 Å². The monoisotopic (exact) mass is 493 g/mol. The number of carbonyl (C=O) groups is 1. The van der Waals surface area contributed by atoms with Crippen LogP contribution in [0, 0.1) is 13.8 Å². The second-order valence-electron chi connectivity index (χ2n) is 8.09. The molecule has 1 N–H and O–H groups in total. The van der Waals surface area contributed by atoms with Crippen LogP contribution < -0.4 is 10.2 Å². The van der Waals surface area contributed by atoms with E-state index in [0.717, 1.165) is 59.0 Å². The minimum Gasteiger partial charge on any atom is -0.354 e. The smallest absolute Gasteiger partial charge is 0.321 e. The van der Waals surface area contributed by atoms with Gasteiger partial charge in [-0.1, -0.05) is 52.3 Å². The number of amides is 2. The van der Waals surface area contributed by atoms with Gasteiger partial charge in [-0.2, -0.15) is 0 Å². The molecule has 1 saturated heterocycles. The molecule has 0 radical (unpaired) electrons. The van der Waals surface area contributed by atoms with Crippen LogP contribution in [0.25, 0.3) is 0 Å². The van der Waals surface area contributed by atoms with E-state index in [9.17, 15) is 4.79 Å². The van der Waals surface area contributed by atoms with Crippen LogP contribution in [0.2, 0.25) is 0 Å². The van der Waals surface area contributed by atoms with E-state index < -0.39 is 0 Å². The lowest BCUT2D eigenvalue weighted by atomic mass is 10.0. The summed E-state index contributed by atoms with van der Waals surface area (Å²) in [5.41, 5.74) is 4.21. The van der Waals surface area contributed by atoms with Crippen molar-refractivity contribution in [2.24, 2.45) is 0 Å². The number of anilines is 2. The Hall–Kier alpha value is -2.93. The molecule has 2 heterocycles. The number of hydrogen-bond acceptors (Lipinski definition) is 4. The Labute approximate surface area is 197 Å². The summed E-state index contributed by atoms with van der Waals surface area (Å²) < 4.78 is 0.942. The first kappa shape index (κ1) is 22.3.